The summed E-state index contributed by atoms with van der Waals surface area (Å²) in [6, 6.07) is 9.98. The fraction of sp³-hybridized carbons (Fsp3) is 0.500. The van der Waals surface area contributed by atoms with Gasteiger partial charge in [-0.15, -0.1) is 0 Å². The summed E-state index contributed by atoms with van der Waals surface area (Å²) in [5.74, 6) is 0. The van der Waals surface area contributed by atoms with E-state index in [0.29, 0.717) is 18.1 Å². The van der Waals surface area contributed by atoms with E-state index in [4.69, 9.17) is 23.1 Å². The fourth-order valence-corrected chi connectivity index (χ4v) is 2.29. The van der Waals surface area contributed by atoms with Crippen molar-refractivity contribution in [1.82, 2.24) is 0 Å². The monoisotopic (exact) mass is 265 g/mol. The second-order valence-corrected chi connectivity index (χ2v) is 4.92. The Balaban J connectivity index is 3.00. The van der Waals surface area contributed by atoms with Crippen LogP contribution in [0.4, 0.5) is 0 Å². The lowest BCUT2D eigenvalue weighted by Gasteiger charge is -2.27. The predicted octanol–water partition coefficient (Wildman–Crippen LogP) is 2.58. The predicted molar refractivity (Wildman–Crippen MR) is 75.3 cm³/mol. The Kier molecular flexibility index (Phi) is 6.14. The van der Waals surface area contributed by atoms with E-state index >= 15 is 0 Å². The van der Waals surface area contributed by atoms with Crippen molar-refractivity contribution in [2.24, 2.45) is 11.5 Å². The Hall–Kier alpha value is -1.08. The van der Waals surface area contributed by atoms with Gasteiger partial charge in [0.2, 0.25) is 0 Å². The van der Waals surface area contributed by atoms with Gasteiger partial charge in [-0.25, -0.2) is 0 Å². The molecule has 0 aliphatic heterocycles. The van der Waals surface area contributed by atoms with Gasteiger partial charge >= 0.3 is 0 Å². The summed E-state index contributed by atoms with van der Waals surface area (Å²) >= 11 is 5.89. The Bertz CT molecular complexity index is 386. The van der Waals surface area contributed by atoms with Crippen molar-refractivity contribution in [2.45, 2.75) is 31.1 Å². The highest BCUT2D eigenvalue weighted by molar-refractivity contribution is 6.30. The number of rotatable bonds is 7. The first-order valence-electron chi connectivity index (χ1n) is 6.26. The average Bonchev–Trinajstić information content (AvgIpc) is 2.41. The highest BCUT2D eigenvalue weighted by atomic mass is 35.5. The molecule has 0 aliphatic rings. The number of hydrogen-bond acceptors (Lipinski definition) is 3. The second-order valence-electron chi connectivity index (χ2n) is 4.49. The van der Waals surface area contributed by atoms with E-state index in [-0.39, 0.29) is 0 Å². The summed E-state index contributed by atoms with van der Waals surface area (Å²) in [5, 5.41) is 10.3. The van der Waals surface area contributed by atoms with Crippen LogP contribution in [0.5, 0.6) is 0 Å². The molecule has 0 bridgehead atoms. The van der Waals surface area contributed by atoms with E-state index < -0.39 is 5.41 Å². The maximum absolute atomic E-state index is 9.59. The zero-order valence-corrected chi connectivity index (χ0v) is 11.3. The molecule has 0 aliphatic carbocycles. The topological polar surface area (TPSA) is 75.8 Å². The van der Waals surface area contributed by atoms with Gasteiger partial charge in [0.05, 0.1) is 11.5 Å². The zero-order chi connectivity index (χ0) is 13.4. The molecule has 1 aromatic carbocycles. The van der Waals surface area contributed by atoms with Gasteiger partial charge in [0.15, 0.2) is 0 Å². The summed E-state index contributed by atoms with van der Waals surface area (Å²) in [6.45, 7) is 1.19. The standard InChI is InChI=1S/C14H20ClN3/c15-13-5-3-12(4-6-13)14(11-18,7-1-9-16)8-2-10-17/h3-6H,1-2,7-10,16-17H2. The molecule has 1 aromatic rings. The average molecular weight is 266 g/mol. The molecule has 0 aromatic heterocycles. The van der Waals surface area contributed by atoms with Crippen LogP contribution >= 0.6 is 11.6 Å². The van der Waals surface area contributed by atoms with Crippen molar-refractivity contribution in [2.75, 3.05) is 13.1 Å². The van der Waals surface area contributed by atoms with Crippen LogP contribution in [0.2, 0.25) is 5.02 Å². The maximum atomic E-state index is 9.59. The van der Waals surface area contributed by atoms with Gasteiger partial charge in [-0.2, -0.15) is 5.26 Å². The third kappa shape index (κ3) is 3.71. The number of halogens is 1. The van der Waals surface area contributed by atoms with Gasteiger partial charge in [-0.1, -0.05) is 23.7 Å². The highest BCUT2D eigenvalue weighted by Gasteiger charge is 2.30. The minimum absolute atomic E-state index is 0.483. The van der Waals surface area contributed by atoms with Crippen LogP contribution in [0.1, 0.15) is 31.2 Å². The van der Waals surface area contributed by atoms with E-state index in [1.54, 1.807) is 0 Å². The third-order valence-corrected chi connectivity index (χ3v) is 3.48. The fourth-order valence-electron chi connectivity index (χ4n) is 2.17. The minimum atomic E-state index is -0.483. The zero-order valence-electron chi connectivity index (χ0n) is 10.5. The molecule has 18 heavy (non-hydrogen) atoms. The van der Waals surface area contributed by atoms with E-state index in [9.17, 15) is 5.26 Å². The molecule has 98 valence electrons. The summed E-state index contributed by atoms with van der Waals surface area (Å²) in [6.07, 6.45) is 3.20. The van der Waals surface area contributed by atoms with Gasteiger partial charge in [0.25, 0.3) is 0 Å². The second kappa shape index (κ2) is 7.38. The van der Waals surface area contributed by atoms with Crippen molar-refractivity contribution < 1.29 is 0 Å². The van der Waals surface area contributed by atoms with Gasteiger partial charge in [0.1, 0.15) is 0 Å². The lowest BCUT2D eigenvalue weighted by Crippen LogP contribution is -2.26. The number of benzene rings is 1. The Labute approximate surface area is 114 Å². The van der Waals surface area contributed by atoms with Crippen LogP contribution < -0.4 is 11.5 Å². The van der Waals surface area contributed by atoms with Crippen LogP contribution in [-0.4, -0.2) is 13.1 Å². The van der Waals surface area contributed by atoms with Crippen LogP contribution in [0.15, 0.2) is 24.3 Å². The Morgan fingerprint density at radius 1 is 1.06 bits per heavy atom. The molecule has 0 heterocycles. The molecule has 0 unspecified atom stereocenters. The Morgan fingerprint density at radius 2 is 1.56 bits per heavy atom. The molecule has 0 spiro atoms. The van der Waals surface area contributed by atoms with Crippen molar-refractivity contribution >= 4 is 11.6 Å². The highest BCUT2D eigenvalue weighted by Crippen LogP contribution is 2.34. The first kappa shape index (κ1) is 15.0. The molecule has 0 saturated carbocycles. The van der Waals surface area contributed by atoms with Crippen LogP contribution in [0.3, 0.4) is 0 Å². The van der Waals surface area contributed by atoms with Crippen LogP contribution in [0, 0.1) is 11.3 Å². The summed E-state index contributed by atoms with van der Waals surface area (Å²) in [4.78, 5) is 0. The van der Waals surface area contributed by atoms with Crippen LogP contribution in [0.25, 0.3) is 0 Å². The van der Waals surface area contributed by atoms with Crippen molar-refractivity contribution in [1.29, 1.82) is 5.26 Å². The van der Waals surface area contributed by atoms with Crippen LogP contribution in [-0.2, 0) is 5.41 Å². The van der Waals surface area contributed by atoms with E-state index in [1.807, 2.05) is 24.3 Å². The molecule has 0 atom stereocenters. The molecule has 3 nitrogen and oxygen atoms in total. The first-order valence-corrected chi connectivity index (χ1v) is 6.64. The van der Waals surface area contributed by atoms with E-state index in [1.165, 1.54) is 0 Å². The molecule has 4 N–H and O–H groups in total. The summed E-state index contributed by atoms with van der Waals surface area (Å²) in [5.41, 5.74) is 11.7. The largest absolute Gasteiger partial charge is 0.330 e. The smallest absolute Gasteiger partial charge is 0.0823 e. The van der Waals surface area contributed by atoms with E-state index in [2.05, 4.69) is 6.07 Å². The lowest BCUT2D eigenvalue weighted by atomic mass is 9.74. The van der Waals surface area contributed by atoms with Gasteiger partial charge in [-0.3, -0.25) is 0 Å². The molecule has 4 heteroatoms. The third-order valence-electron chi connectivity index (χ3n) is 3.23. The molecule has 0 fully saturated rings. The molecular weight excluding hydrogens is 246 g/mol. The number of hydrogen-bond donors (Lipinski definition) is 2. The van der Waals surface area contributed by atoms with Gasteiger partial charge < -0.3 is 11.5 Å². The number of nitriles is 1. The lowest BCUT2D eigenvalue weighted by molar-refractivity contribution is 0.441. The molecule has 0 saturated heterocycles. The minimum Gasteiger partial charge on any atom is -0.330 e. The first-order chi connectivity index (χ1) is 8.68. The maximum Gasteiger partial charge on any atom is 0.0823 e. The van der Waals surface area contributed by atoms with E-state index in [0.717, 1.165) is 31.2 Å². The van der Waals surface area contributed by atoms with Gasteiger partial charge in [-0.05, 0) is 56.5 Å². The van der Waals surface area contributed by atoms with Crippen molar-refractivity contribution in [3.63, 3.8) is 0 Å². The quantitative estimate of drug-likeness (QED) is 0.796. The normalized spacial score (nSPS) is 11.2. The molecule has 1 rings (SSSR count). The molecule has 0 amide bonds. The Morgan fingerprint density at radius 3 is 1.94 bits per heavy atom. The number of nitrogens with zero attached hydrogens (tertiary/aromatic N) is 1. The summed E-state index contributed by atoms with van der Waals surface area (Å²) < 4.78 is 0. The summed E-state index contributed by atoms with van der Waals surface area (Å²) in [7, 11) is 0. The SMILES string of the molecule is N#CC(CCCN)(CCCN)c1ccc(Cl)cc1. The molecule has 0 radical (unpaired) electrons. The van der Waals surface area contributed by atoms with Gasteiger partial charge in [0, 0.05) is 5.02 Å². The van der Waals surface area contributed by atoms with Crippen molar-refractivity contribution in [3.8, 4) is 6.07 Å². The molecular formula is C14H20ClN3. The van der Waals surface area contributed by atoms with Crippen molar-refractivity contribution in [3.05, 3.63) is 34.9 Å². The number of nitrogens with two attached hydrogens (primary N) is 2.